The van der Waals surface area contributed by atoms with Crippen LogP contribution < -0.4 is 5.32 Å². The van der Waals surface area contributed by atoms with Crippen molar-refractivity contribution in [2.24, 2.45) is 0 Å². The van der Waals surface area contributed by atoms with E-state index in [1.54, 1.807) is 6.26 Å². The first-order chi connectivity index (χ1) is 8.29. The minimum atomic E-state index is 0.288. The molecule has 0 spiro atoms. The second-order valence-corrected chi connectivity index (χ2v) is 4.54. The molecule has 1 aliphatic heterocycles. The molecule has 17 heavy (non-hydrogen) atoms. The molecule has 0 bridgehead atoms. The molecule has 1 saturated heterocycles. The van der Waals surface area contributed by atoms with Gasteiger partial charge >= 0.3 is 0 Å². The number of thiocarbonyl (C=S) groups is 1. The average Bonchev–Trinajstić information content (AvgIpc) is 3.00. The van der Waals surface area contributed by atoms with Crippen LogP contribution in [0.15, 0.2) is 22.8 Å². The Morgan fingerprint density at radius 2 is 2.53 bits per heavy atom. The average molecular weight is 254 g/mol. The molecule has 2 heterocycles. The van der Waals surface area contributed by atoms with E-state index >= 15 is 0 Å². The summed E-state index contributed by atoms with van der Waals surface area (Å²) >= 11 is 5.30. The fourth-order valence-electron chi connectivity index (χ4n) is 2.00. The molecule has 1 aliphatic rings. The lowest BCUT2D eigenvalue weighted by atomic mass is 10.2. The maximum Gasteiger partial charge on any atom is 0.169 e. The molecule has 0 aromatic carbocycles. The maximum atomic E-state index is 5.64. The molecule has 1 atom stereocenters. The van der Waals surface area contributed by atoms with Gasteiger partial charge in [-0.05, 0) is 37.2 Å². The fourth-order valence-corrected chi connectivity index (χ4v) is 2.14. The van der Waals surface area contributed by atoms with Crippen LogP contribution in [0.1, 0.15) is 18.6 Å². The van der Waals surface area contributed by atoms with Gasteiger partial charge in [0.1, 0.15) is 5.76 Å². The lowest BCUT2D eigenvalue weighted by Gasteiger charge is -2.26. The van der Waals surface area contributed by atoms with Gasteiger partial charge in [0.2, 0.25) is 0 Å². The maximum absolute atomic E-state index is 5.64. The van der Waals surface area contributed by atoms with Crippen molar-refractivity contribution in [2.45, 2.75) is 25.5 Å². The summed E-state index contributed by atoms with van der Waals surface area (Å²) in [6.07, 6.45) is 4.23. The summed E-state index contributed by atoms with van der Waals surface area (Å²) in [6, 6.07) is 3.85. The molecule has 1 aromatic heterocycles. The highest BCUT2D eigenvalue weighted by Crippen LogP contribution is 2.15. The molecule has 1 N–H and O–H groups in total. The molecular formula is C12H18N2O2S. The first kappa shape index (κ1) is 12.4. The van der Waals surface area contributed by atoms with Gasteiger partial charge in [-0.2, -0.15) is 0 Å². The van der Waals surface area contributed by atoms with Crippen LogP contribution in [-0.2, 0) is 11.3 Å². The smallest absolute Gasteiger partial charge is 0.169 e. The summed E-state index contributed by atoms with van der Waals surface area (Å²) in [4.78, 5) is 2.09. The van der Waals surface area contributed by atoms with Crippen molar-refractivity contribution in [3.63, 3.8) is 0 Å². The van der Waals surface area contributed by atoms with Gasteiger partial charge in [0.15, 0.2) is 5.11 Å². The second-order valence-electron chi connectivity index (χ2n) is 4.15. The van der Waals surface area contributed by atoms with E-state index in [-0.39, 0.29) is 6.10 Å². The molecule has 1 fully saturated rings. The molecule has 0 unspecified atom stereocenters. The number of hydrogen-bond donors (Lipinski definition) is 1. The topological polar surface area (TPSA) is 37.6 Å². The molecule has 0 aliphatic carbocycles. The molecule has 5 heteroatoms. The third kappa shape index (κ3) is 3.44. The van der Waals surface area contributed by atoms with Crippen LogP contribution in [0, 0.1) is 0 Å². The van der Waals surface area contributed by atoms with Crippen molar-refractivity contribution < 1.29 is 9.15 Å². The number of hydrogen-bond acceptors (Lipinski definition) is 3. The first-order valence-electron chi connectivity index (χ1n) is 5.90. The molecule has 2 rings (SSSR count). The van der Waals surface area contributed by atoms with Crippen molar-refractivity contribution in [1.29, 1.82) is 0 Å². The van der Waals surface area contributed by atoms with E-state index in [0.29, 0.717) is 6.54 Å². The Morgan fingerprint density at radius 1 is 1.65 bits per heavy atom. The highest BCUT2D eigenvalue weighted by molar-refractivity contribution is 7.80. The molecule has 4 nitrogen and oxygen atoms in total. The summed E-state index contributed by atoms with van der Waals surface area (Å²) in [5.74, 6) is 0.917. The predicted molar refractivity (Wildman–Crippen MR) is 69.7 cm³/mol. The molecule has 1 aromatic rings. The van der Waals surface area contributed by atoms with Gasteiger partial charge in [-0.1, -0.05) is 0 Å². The van der Waals surface area contributed by atoms with Crippen molar-refractivity contribution in [1.82, 2.24) is 10.2 Å². The van der Waals surface area contributed by atoms with E-state index in [1.807, 2.05) is 19.2 Å². The zero-order valence-corrected chi connectivity index (χ0v) is 10.8. The Bertz CT molecular complexity index is 347. The summed E-state index contributed by atoms with van der Waals surface area (Å²) in [6.45, 7) is 2.37. The molecule has 0 radical (unpaired) electrons. The third-order valence-electron chi connectivity index (χ3n) is 2.88. The van der Waals surface area contributed by atoms with E-state index in [1.165, 1.54) is 0 Å². The monoisotopic (exact) mass is 254 g/mol. The van der Waals surface area contributed by atoms with Crippen LogP contribution in [0.2, 0.25) is 0 Å². The van der Waals surface area contributed by atoms with Crippen LogP contribution in [0.25, 0.3) is 0 Å². The van der Waals surface area contributed by atoms with E-state index in [9.17, 15) is 0 Å². The normalized spacial score (nSPS) is 19.2. The number of furan rings is 1. The Hall–Kier alpha value is -1.07. The highest BCUT2D eigenvalue weighted by atomic mass is 32.1. The minimum absolute atomic E-state index is 0.288. The first-order valence-corrected chi connectivity index (χ1v) is 6.31. The number of nitrogens with zero attached hydrogens (tertiary/aromatic N) is 1. The molecule has 0 saturated carbocycles. The highest BCUT2D eigenvalue weighted by Gasteiger charge is 2.21. The summed E-state index contributed by atoms with van der Waals surface area (Å²) in [7, 11) is 1.84. The largest absolute Gasteiger partial charge is 0.467 e. The molecule has 94 valence electrons. The standard InChI is InChI=1S/C12H18N2O2S/c1-13-12(17)14(8-10-4-2-6-15-10)9-11-5-3-7-16-11/h2,4,6,11H,3,5,7-9H2,1H3,(H,13,17)/t11-/m1/s1. The van der Waals surface area contributed by atoms with Crippen LogP contribution in [0.3, 0.4) is 0 Å². The van der Waals surface area contributed by atoms with E-state index in [2.05, 4.69) is 10.2 Å². The van der Waals surface area contributed by atoms with Crippen molar-refractivity contribution in [3.05, 3.63) is 24.2 Å². The van der Waals surface area contributed by atoms with Gasteiger partial charge in [0.05, 0.1) is 18.9 Å². The Labute approximate surface area is 107 Å². The summed E-state index contributed by atoms with van der Waals surface area (Å²) < 4.78 is 11.0. The molecular weight excluding hydrogens is 236 g/mol. The number of nitrogens with one attached hydrogen (secondary N) is 1. The van der Waals surface area contributed by atoms with Crippen molar-refractivity contribution in [3.8, 4) is 0 Å². The van der Waals surface area contributed by atoms with E-state index < -0.39 is 0 Å². The summed E-state index contributed by atoms with van der Waals surface area (Å²) in [5.41, 5.74) is 0. The van der Waals surface area contributed by atoms with Crippen molar-refractivity contribution >= 4 is 17.3 Å². The number of ether oxygens (including phenoxy) is 1. The molecule has 0 amide bonds. The van der Waals surface area contributed by atoms with Crippen LogP contribution in [0.4, 0.5) is 0 Å². The van der Waals surface area contributed by atoms with Gasteiger partial charge in [0, 0.05) is 20.2 Å². The van der Waals surface area contributed by atoms with Gasteiger partial charge in [-0.25, -0.2) is 0 Å². The van der Waals surface area contributed by atoms with Gasteiger partial charge < -0.3 is 19.4 Å². The summed E-state index contributed by atoms with van der Waals surface area (Å²) in [5, 5.41) is 3.74. The minimum Gasteiger partial charge on any atom is -0.467 e. The van der Waals surface area contributed by atoms with Crippen molar-refractivity contribution in [2.75, 3.05) is 20.2 Å². The van der Waals surface area contributed by atoms with E-state index in [4.69, 9.17) is 21.4 Å². The lowest BCUT2D eigenvalue weighted by Crippen LogP contribution is -2.41. The quantitative estimate of drug-likeness (QED) is 0.829. The predicted octanol–water partition coefficient (Wildman–Crippen LogP) is 1.76. The van der Waals surface area contributed by atoms with Gasteiger partial charge in [-0.15, -0.1) is 0 Å². The SMILES string of the molecule is CNC(=S)N(Cc1ccco1)C[C@H]1CCCO1. The van der Waals surface area contributed by atoms with Crippen LogP contribution in [0.5, 0.6) is 0 Å². The fraction of sp³-hybridized carbons (Fsp3) is 0.583. The van der Waals surface area contributed by atoms with Gasteiger partial charge in [0.25, 0.3) is 0 Å². The lowest BCUT2D eigenvalue weighted by molar-refractivity contribution is 0.0885. The Kier molecular flexibility index (Phi) is 4.39. The van der Waals surface area contributed by atoms with Crippen LogP contribution in [-0.4, -0.2) is 36.3 Å². The van der Waals surface area contributed by atoms with Crippen LogP contribution >= 0.6 is 12.2 Å². The Balaban J connectivity index is 1.94. The Morgan fingerprint density at radius 3 is 3.12 bits per heavy atom. The number of rotatable bonds is 4. The third-order valence-corrected chi connectivity index (χ3v) is 3.34. The van der Waals surface area contributed by atoms with E-state index in [0.717, 1.165) is 36.9 Å². The zero-order chi connectivity index (χ0) is 12.1. The second kappa shape index (κ2) is 6.02. The zero-order valence-electron chi connectivity index (χ0n) is 10.0. The van der Waals surface area contributed by atoms with Gasteiger partial charge in [-0.3, -0.25) is 0 Å².